The van der Waals surface area contributed by atoms with Crippen molar-refractivity contribution in [1.29, 1.82) is 0 Å². The van der Waals surface area contributed by atoms with Crippen LogP contribution in [0.15, 0.2) is 48.5 Å². The van der Waals surface area contributed by atoms with E-state index < -0.39 is 6.10 Å². The van der Waals surface area contributed by atoms with Crippen LogP contribution in [0.4, 0.5) is 10.1 Å². The van der Waals surface area contributed by atoms with E-state index >= 15 is 0 Å². The van der Waals surface area contributed by atoms with Crippen molar-refractivity contribution in [2.24, 2.45) is 0 Å². The van der Waals surface area contributed by atoms with E-state index in [2.05, 4.69) is 5.32 Å². The molecule has 1 atom stereocenters. The fourth-order valence-corrected chi connectivity index (χ4v) is 1.80. The molecule has 0 amide bonds. The first-order chi connectivity index (χ1) is 8.68. The third kappa shape index (κ3) is 2.87. The third-order valence-electron chi connectivity index (χ3n) is 2.94. The molecule has 0 heterocycles. The van der Waals surface area contributed by atoms with E-state index in [0.717, 1.165) is 5.56 Å². The number of rotatable bonds is 4. The van der Waals surface area contributed by atoms with E-state index in [9.17, 15) is 9.50 Å². The van der Waals surface area contributed by atoms with Crippen LogP contribution in [0.3, 0.4) is 0 Å². The van der Waals surface area contributed by atoms with Gasteiger partial charge in [0, 0.05) is 17.8 Å². The average molecular weight is 245 g/mol. The summed E-state index contributed by atoms with van der Waals surface area (Å²) in [4.78, 5) is 0. The van der Waals surface area contributed by atoms with Crippen LogP contribution >= 0.6 is 0 Å². The van der Waals surface area contributed by atoms with Crippen molar-refractivity contribution in [3.63, 3.8) is 0 Å². The number of benzene rings is 2. The molecule has 0 aliphatic rings. The quantitative estimate of drug-likeness (QED) is 0.866. The Balaban J connectivity index is 2.02. The fraction of sp³-hybridized carbons (Fsp3) is 0.200. The second-order valence-electron chi connectivity index (χ2n) is 4.22. The zero-order valence-corrected chi connectivity index (χ0v) is 10.2. The molecule has 1 unspecified atom stereocenters. The lowest BCUT2D eigenvalue weighted by atomic mass is 10.1. The average Bonchev–Trinajstić information content (AvgIpc) is 2.41. The fourth-order valence-electron chi connectivity index (χ4n) is 1.80. The zero-order chi connectivity index (χ0) is 13.0. The van der Waals surface area contributed by atoms with E-state index in [4.69, 9.17) is 0 Å². The molecule has 0 aliphatic carbocycles. The Kier molecular flexibility index (Phi) is 3.95. The van der Waals surface area contributed by atoms with Gasteiger partial charge in [0.15, 0.2) is 0 Å². The van der Waals surface area contributed by atoms with E-state index in [1.54, 1.807) is 19.1 Å². The highest BCUT2D eigenvalue weighted by atomic mass is 19.1. The van der Waals surface area contributed by atoms with Gasteiger partial charge in [0.25, 0.3) is 0 Å². The van der Waals surface area contributed by atoms with Crippen LogP contribution in [0.25, 0.3) is 0 Å². The van der Waals surface area contributed by atoms with Gasteiger partial charge in [0.2, 0.25) is 0 Å². The summed E-state index contributed by atoms with van der Waals surface area (Å²) in [5, 5.41) is 13.0. The Hall–Kier alpha value is -1.87. The van der Waals surface area contributed by atoms with Gasteiger partial charge in [-0.15, -0.1) is 0 Å². The summed E-state index contributed by atoms with van der Waals surface area (Å²) in [5.74, 6) is -0.241. The molecular formula is C15H16FNO. The largest absolute Gasteiger partial charge is 0.387 e. The highest BCUT2D eigenvalue weighted by Crippen LogP contribution is 2.19. The molecule has 0 aliphatic heterocycles. The number of aliphatic hydroxyl groups excluding tert-OH is 1. The molecule has 0 fully saturated rings. The lowest BCUT2D eigenvalue weighted by Gasteiger charge is -2.14. The first-order valence-electron chi connectivity index (χ1n) is 5.90. The van der Waals surface area contributed by atoms with E-state index in [1.807, 2.05) is 30.3 Å². The Morgan fingerprint density at radius 1 is 1.11 bits per heavy atom. The van der Waals surface area contributed by atoms with Gasteiger partial charge in [-0.05, 0) is 24.6 Å². The van der Waals surface area contributed by atoms with Gasteiger partial charge in [-0.1, -0.05) is 36.4 Å². The molecule has 18 heavy (non-hydrogen) atoms. The summed E-state index contributed by atoms with van der Waals surface area (Å²) in [6.07, 6.45) is -0.603. The molecule has 94 valence electrons. The minimum absolute atomic E-state index is 0.241. The number of hydrogen-bond acceptors (Lipinski definition) is 2. The Morgan fingerprint density at radius 3 is 2.56 bits per heavy atom. The van der Waals surface area contributed by atoms with Gasteiger partial charge in [-0.3, -0.25) is 0 Å². The van der Waals surface area contributed by atoms with E-state index in [-0.39, 0.29) is 5.82 Å². The van der Waals surface area contributed by atoms with Crippen LogP contribution in [0.2, 0.25) is 0 Å². The third-order valence-corrected chi connectivity index (χ3v) is 2.94. The lowest BCUT2D eigenvalue weighted by Crippen LogP contribution is -2.13. The topological polar surface area (TPSA) is 32.3 Å². The predicted molar refractivity (Wildman–Crippen MR) is 71.0 cm³/mol. The van der Waals surface area contributed by atoms with Crippen LogP contribution < -0.4 is 5.32 Å². The van der Waals surface area contributed by atoms with Crippen LogP contribution in [0, 0.1) is 12.7 Å². The van der Waals surface area contributed by atoms with Crippen molar-refractivity contribution in [3.8, 4) is 0 Å². The first kappa shape index (κ1) is 12.6. The first-order valence-corrected chi connectivity index (χ1v) is 5.90. The van der Waals surface area contributed by atoms with Crippen LogP contribution in [-0.2, 0) is 0 Å². The Labute approximate surface area is 106 Å². The monoisotopic (exact) mass is 245 g/mol. The van der Waals surface area contributed by atoms with E-state index in [0.29, 0.717) is 17.8 Å². The molecule has 0 spiro atoms. The smallest absolute Gasteiger partial charge is 0.128 e. The highest BCUT2D eigenvalue weighted by Gasteiger charge is 2.08. The Morgan fingerprint density at radius 2 is 1.83 bits per heavy atom. The molecule has 2 N–H and O–H groups in total. The summed E-state index contributed by atoms with van der Waals surface area (Å²) in [7, 11) is 0. The van der Waals surface area contributed by atoms with Gasteiger partial charge in [0.05, 0.1) is 6.10 Å². The number of nitrogens with one attached hydrogen (secondary N) is 1. The Bertz CT molecular complexity index is 513. The minimum atomic E-state index is -0.603. The maximum absolute atomic E-state index is 13.3. The van der Waals surface area contributed by atoms with E-state index in [1.165, 1.54) is 6.07 Å². The molecule has 2 aromatic rings. The van der Waals surface area contributed by atoms with Crippen LogP contribution in [-0.4, -0.2) is 11.7 Å². The summed E-state index contributed by atoms with van der Waals surface area (Å²) >= 11 is 0. The summed E-state index contributed by atoms with van der Waals surface area (Å²) in [5.41, 5.74) is 2.13. The molecule has 2 aromatic carbocycles. The summed E-state index contributed by atoms with van der Waals surface area (Å²) in [6, 6.07) is 14.3. The molecule has 0 saturated carbocycles. The van der Waals surface area contributed by atoms with Gasteiger partial charge in [-0.2, -0.15) is 0 Å². The summed E-state index contributed by atoms with van der Waals surface area (Å²) < 4.78 is 13.3. The van der Waals surface area contributed by atoms with Crippen molar-refractivity contribution < 1.29 is 9.50 Å². The number of hydrogen-bond donors (Lipinski definition) is 2. The van der Waals surface area contributed by atoms with Gasteiger partial charge in [-0.25, -0.2) is 4.39 Å². The second-order valence-corrected chi connectivity index (χ2v) is 4.22. The molecule has 0 radical (unpaired) electrons. The summed E-state index contributed by atoms with van der Waals surface area (Å²) in [6.45, 7) is 2.07. The lowest BCUT2D eigenvalue weighted by molar-refractivity contribution is 0.191. The molecular weight excluding hydrogens is 229 g/mol. The number of aliphatic hydroxyl groups is 1. The number of anilines is 1. The molecule has 2 rings (SSSR count). The highest BCUT2D eigenvalue weighted by molar-refractivity contribution is 5.51. The predicted octanol–water partition coefficient (Wildman–Crippen LogP) is 3.28. The molecule has 0 aromatic heterocycles. The molecule has 2 nitrogen and oxygen atoms in total. The zero-order valence-electron chi connectivity index (χ0n) is 10.2. The second kappa shape index (κ2) is 5.65. The number of halogens is 1. The van der Waals surface area contributed by atoms with Gasteiger partial charge >= 0.3 is 0 Å². The maximum Gasteiger partial charge on any atom is 0.128 e. The van der Waals surface area contributed by atoms with Crippen molar-refractivity contribution >= 4 is 5.69 Å². The van der Waals surface area contributed by atoms with Gasteiger partial charge in [0.1, 0.15) is 5.82 Å². The van der Waals surface area contributed by atoms with Crippen molar-refractivity contribution in [2.45, 2.75) is 13.0 Å². The maximum atomic E-state index is 13.3. The molecule has 3 heteroatoms. The SMILES string of the molecule is Cc1c(F)cccc1NCC(O)c1ccccc1. The molecule has 0 saturated heterocycles. The standard InChI is InChI=1S/C15H16FNO/c1-11-13(16)8-5-9-14(11)17-10-15(18)12-6-3-2-4-7-12/h2-9,15,17-18H,10H2,1H3. The molecule has 0 bridgehead atoms. The van der Waals surface area contributed by atoms with Crippen LogP contribution in [0.5, 0.6) is 0 Å². The minimum Gasteiger partial charge on any atom is -0.387 e. The van der Waals surface area contributed by atoms with Crippen molar-refractivity contribution in [2.75, 3.05) is 11.9 Å². The van der Waals surface area contributed by atoms with Crippen molar-refractivity contribution in [3.05, 3.63) is 65.5 Å². The van der Waals surface area contributed by atoms with Crippen LogP contribution in [0.1, 0.15) is 17.2 Å². The van der Waals surface area contributed by atoms with Crippen molar-refractivity contribution in [1.82, 2.24) is 0 Å². The normalized spacial score (nSPS) is 12.2. The van der Waals surface area contributed by atoms with Gasteiger partial charge < -0.3 is 10.4 Å².